The predicted molar refractivity (Wildman–Crippen MR) is 337 cm³/mol. The van der Waals surface area contributed by atoms with Crippen LogP contribution in [0.3, 0.4) is 0 Å². The van der Waals surface area contributed by atoms with Gasteiger partial charge in [-0.1, -0.05) is 126 Å². The Bertz CT molecular complexity index is 2800. The second kappa shape index (κ2) is 45.6. The average Bonchev–Trinajstić information content (AvgIpc) is 4.10. The van der Waals surface area contributed by atoms with E-state index in [0.717, 1.165) is 11.1 Å². The minimum atomic E-state index is -1.61. The SMILES string of the molecule is C=C/C=C\C(=C/C)c1ccc(C)cc1.C=Cc1[nH]cc(CC(CC(=O)NCC(N)=O)CC(=O)C(CC(=O)O)NC(=O)C(Cc2ccncc2)NC(=O)C(Cc2ccc(OCC(=O)O)cc2)NC(=O)CSCCN)c1/C=C\C.CC.CCC.NC=O. The van der Waals surface area contributed by atoms with Crippen LogP contribution in [0, 0.1) is 12.8 Å². The number of carboxylic acid groups (broad SMARTS) is 2. The summed E-state index contributed by atoms with van der Waals surface area (Å²) in [5, 5.41) is 29.1. The number of aliphatic carboxylic acids is 2. The van der Waals surface area contributed by atoms with Gasteiger partial charge < -0.3 is 58.4 Å². The Balaban J connectivity index is 0.00000270. The minimum Gasteiger partial charge on any atom is -0.482 e. The number of carboxylic acids is 2. The van der Waals surface area contributed by atoms with Crippen molar-refractivity contribution in [3.8, 4) is 5.75 Å². The molecular weight excluding hydrogens is 1110 g/mol. The number of aryl methyl sites for hydroxylation is 1. The van der Waals surface area contributed by atoms with Gasteiger partial charge in [0.1, 0.15) is 17.8 Å². The number of aromatic nitrogens is 2. The highest BCUT2D eigenvalue weighted by atomic mass is 32.2. The number of nitrogens with zero attached hydrogens (tertiary/aromatic N) is 1. The Morgan fingerprint density at radius 3 is 1.88 bits per heavy atom. The molecule has 0 radical (unpaired) electrons. The fourth-order valence-electron chi connectivity index (χ4n) is 7.67. The van der Waals surface area contributed by atoms with Crippen LogP contribution >= 0.6 is 11.8 Å². The number of ketones is 1. The molecule has 2 aromatic heterocycles. The smallest absolute Gasteiger partial charge is 0.341 e. The number of H-pyrrole nitrogens is 1. The topological polar surface area (TPSA) is 358 Å². The van der Waals surface area contributed by atoms with Crippen LogP contribution in [-0.2, 0) is 62.4 Å². The van der Waals surface area contributed by atoms with Crippen molar-refractivity contribution in [1.29, 1.82) is 0 Å². The van der Waals surface area contributed by atoms with E-state index in [2.05, 4.69) is 107 Å². The molecule has 0 saturated heterocycles. The number of carbonyl (C=O) groups excluding carboxylic acids is 7. The number of Topliss-reactive ketones (excluding diaryl/α,β-unsaturated/α-hetero) is 1. The Hall–Kier alpha value is -8.89. The number of amides is 6. The molecule has 22 heteroatoms. The standard InChI is InChI=1S/C43H54N8O11S.C14H16.C3H8.C2H6.CH3NO/c1-3-5-31-29(22-47-32(31)4-2)16-28(20-38(54)48-23-37(45)53)19-36(52)33(21-40(56)57)50-43(61)35(18-27-10-13-46-14-11-27)51-42(60)34(49-39(55)25-63-15-12-44)17-26-6-8-30(9-7-26)62-24-41(58)59;1-4-6-7-13(5-2)14-10-8-12(3)9-11-14;1-3-2;1-2;2-1-3/h3-11,13-14,22,28,33-35,47H,2,12,15-21,23-25,44H2,1H3,(H2,45,53)(H,48,54)(H,49,55)(H,50,61)(H,51,60)(H,56,57)(H,58,59);4-11H,1H2,2-3H3;3H2,1-2H3;1-2H3;1H,(H2,2,3)/b5-3-;7-6-,13-5+;;;. The Morgan fingerprint density at radius 2 is 1.36 bits per heavy atom. The third-order valence-corrected chi connectivity index (χ3v) is 12.4. The highest BCUT2D eigenvalue weighted by Gasteiger charge is 2.33. The maximum atomic E-state index is 14.2. The number of allylic oxidation sites excluding steroid dienone is 6. The van der Waals surface area contributed by atoms with E-state index in [9.17, 15) is 43.5 Å². The van der Waals surface area contributed by atoms with Gasteiger partial charge in [-0.15, -0.1) is 0 Å². The quantitative estimate of drug-likeness (QED) is 0.0143. The van der Waals surface area contributed by atoms with Crippen molar-refractivity contribution in [1.82, 2.24) is 31.2 Å². The number of pyridine rings is 1. The van der Waals surface area contributed by atoms with Crippen molar-refractivity contribution in [3.05, 3.63) is 162 Å². The fourth-order valence-corrected chi connectivity index (χ4v) is 8.25. The van der Waals surface area contributed by atoms with Crippen LogP contribution in [0.15, 0.2) is 123 Å². The van der Waals surface area contributed by atoms with Gasteiger partial charge in [0, 0.05) is 67.8 Å². The third-order valence-electron chi connectivity index (χ3n) is 11.4. The van der Waals surface area contributed by atoms with Gasteiger partial charge in [0.25, 0.3) is 0 Å². The van der Waals surface area contributed by atoms with Crippen LogP contribution in [0.5, 0.6) is 5.75 Å². The van der Waals surface area contributed by atoms with E-state index in [1.54, 1.807) is 48.7 Å². The van der Waals surface area contributed by atoms with Crippen molar-refractivity contribution in [2.45, 2.75) is 112 Å². The predicted octanol–water partition coefficient (Wildman–Crippen LogP) is 6.45. The van der Waals surface area contributed by atoms with Gasteiger partial charge in [-0.2, -0.15) is 11.8 Å². The molecule has 2 heterocycles. The number of carbonyl (C=O) groups is 9. The molecule has 21 nitrogen and oxygen atoms in total. The number of rotatable bonds is 32. The number of thioether (sulfide) groups is 1. The van der Waals surface area contributed by atoms with E-state index < -0.39 is 90.9 Å². The van der Waals surface area contributed by atoms with Gasteiger partial charge in [-0.25, -0.2) is 4.79 Å². The lowest BCUT2D eigenvalue weighted by atomic mass is 9.88. The van der Waals surface area contributed by atoms with Crippen molar-refractivity contribution >= 4 is 83.2 Å². The zero-order chi connectivity index (χ0) is 64.1. The van der Waals surface area contributed by atoms with Gasteiger partial charge in [-0.3, -0.25) is 43.3 Å². The molecule has 0 aliphatic rings. The van der Waals surface area contributed by atoms with Crippen molar-refractivity contribution < 1.29 is 58.1 Å². The normalized spacial score (nSPS) is 11.9. The first-order chi connectivity index (χ1) is 40.7. The maximum Gasteiger partial charge on any atom is 0.341 e. The summed E-state index contributed by atoms with van der Waals surface area (Å²) in [5.41, 5.74) is 22.0. The van der Waals surface area contributed by atoms with Crippen LogP contribution in [0.4, 0.5) is 0 Å². The largest absolute Gasteiger partial charge is 0.482 e. The molecule has 6 amide bonds. The Morgan fingerprint density at radius 1 is 0.788 bits per heavy atom. The summed E-state index contributed by atoms with van der Waals surface area (Å²) in [5.74, 6) is -6.86. The van der Waals surface area contributed by atoms with Gasteiger partial charge >= 0.3 is 11.9 Å². The lowest BCUT2D eigenvalue weighted by molar-refractivity contribution is -0.141. The third kappa shape index (κ3) is 33.1. The van der Waals surface area contributed by atoms with Crippen LogP contribution in [-0.4, -0.2) is 123 Å². The molecule has 0 bridgehead atoms. The Labute approximate surface area is 503 Å². The number of nitrogens with two attached hydrogens (primary N) is 3. The molecule has 4 rings (SSSR count). The first-order valence-corrected chi connectivity index (χ1v) is 28.8. The zero-order valence-electron chi connectivity index (χ0n) is 49.9. The lowest BCUT2D eigenvalue weighted by Crippen LogP contribution is -2.57. The molecule has 13 N–H and O–H groups in total. The summed E-state index contributed by atoms with van der Waals surface area (Å²) in [6, 6.07) is 13.6. The second-order valence-corrected chi connectivity index (χ2v) is 19.5. The molecule has 4 aromatic rings. The van der Waals surface area contributed by atoms with Crippen molar-refractivity contribution in [3.63, 3.8) is 0 Å². The summed E-state index contributed by atoms with van der Waals surface area (Å²) in [6.07, 6.45) is 17.8. The number of nitrogens with one attached hydrogen (secondary N) is 5. The molecule has 4 unspecified atom stereocenters. The van der Waals surface area contributed by atoms with Crippen LogP contribution in [0.1, 0.15) is 106 Å². The maximum absolute atomic E-state index is 14.2. The molecule has 0 spiro atoms. The van der Waals surface area contributed by atoms with E-state index in [-0.39, 0.29) is 50.0 Å². The second-order valence-electron chi connectivity index (χ2n) is 18.4. The van der Waals surface area contributed by atoms with Crippen LogP contribution in [0.2, 0.25) is 0 Å². The monoisotopic (exact) mass is 1190 g/mol. The highest BCUT2D eigenvalue weighted by molar-refractivity contribution is 7.99. The molecule has 2 aromatic carbocycles. The number of benzene rings is 2. The molecule has 0 saturated carbocycles. The Kier molecular flexibility index (Phi) is 40.8. The number of aromatic amines is 1. The van der Waals surface area contributed by atoms with E-state index >= 15 is 0 Å². The zero-order valence-corrected chi connectivity index (χ0v) is 50.7. The summed E-state index contributed by atoms with van der Waals surface area (Å²) in [4.78, 5) is 118. The summed E-state index contributed by atoms with van der Waals surface area (Å²) >= 11 is 1.25. The molecule has 0 fully saturated rings. The molecule has 462 valence electrons. The summed E-state index contributed by atoms with van der Waals surface area (Å²) < 4.78 is 5.19. The molecular formula is C63H87N9O12S. The summed E-state index contributed by atoms with van der Waals surface area (Å²) in [7, 11) is 0. The highest BCUT2D eigenvalue weighted by Crippen LogP contribution is 2.25. The lowest BCUT2D eigenvalue weighted by Gasteiger charge is -2.26. The van der Waals surface area contributed by atoms with E-state index in [4.69, 9.17) is 26.1 Å². The molecule has 4 atom stereocenters. The number of primary amides is 2. The molecule has 85 heavy (non-hydrogen) atoms. The first-order valence-electron chi connectivity index (χ1n) is 27.7. The van der Waals surface area contributed by atoms with Crippen molar-refractivity contribution in [2.24, 2.45) is 23.1 Å². The van der Waals surface area contributed by atoms with Gasteiger partial charge in [0.05, 0.1) is 24.8 Å². The number of ether oxygens (including phenoxy) is 1. The summed E-state index contributed by atoms with van der Waals surface area (Å²) in [6.45, 7) is 21.0. The van der Waals surface area contributed by atoms with Gasteiger partial charge in [0.15, 0.2) is 12.4 Å². The van der Waals surface area contributed by atoms with Crippen LogP contribution in [0.25, 0.3) is 17.7 Å². The fraction of sp³-hybridized carbons (Fsp3) is 0.365. The van der Waals surface area contributed by atoms with Gasteiger partial charge in [-0.05, 0) is 91.3 Å². The average molecular weight is 1190 g/mol. The minimum absolute atomic E-state index is 0.0211. The van der Waals surface area contributed by atoms with Crippen LogP contribution < -0.4 is 43.2 Å². The van der Waals surface area contributed by atoms with E-state index in [1.807, 2.05) is 39.8 Å². The number of hydrogen-bond acceptors (Lipinski definition) is 13. The van der Waals surface area contributed by atoms with E-state index in [0.29, 0.717) is 29.1 Å². The molecule has 0 aliphatic carbocycles. The number of hydrogen-bond donors (Lipinski definition) is 10. The van der Waals surface area contributed by atoms with Crippen molar-refractivity contribution in [2.75, 3.05) is 31.2 Å². The van der Waals surface area contributed by atoms with Gasteiger partial charge in [0.2, 0.25) is 35.9 Å². The first kappa shape index (κ1) is 76.1. The molecule has 0 aliphatic heterocycles. The van der Waals surface area contributed by atoms with E-state index in [1.165, 1.54) is 59.4 Å².